The van der Waals surface area contributed by atoms with Crippen molar-refractivity contribution in [3.05, 3.63) is 29.8 Å². The number of hydrogen-bond acceptors (Lipinski definition) is 3. The summed E-state index contributed by atoms with van der Waals surface area (Å²) in [6, 6.07) is 6.49. The van der Waals surface area contributed by atoms with Crippen molar-refractivity contribution in [1.82, 2.24) is 0 Å². The Morgan fingerprint density at radius 3 is 2.35 bits per heavy atom. The highest BCUT2D eigenvalue weighted by molar-refractivity contribution is 5.85. The monoisotopic (exact) mass is 257 g/mol. The maximum absolute atomic E-state index is 10.2. The van der Waals surface area contributed by atoms with Gasteiger partial charge in [-0.3, -0.25) is 0 Å². The fourth-order valence-electron chi connectivity index (χ4n) is 2.55. The van der Waals surface area contributed by atoms with Crippen molar-refractivity contribution >= 4 is 12.4 Å². The largest absolute Gasteiger partial charge is 0.508 e. The first-order chi connectivity index (χ1) is 7.70. The molecule has 0 unspecified atom stereocenters. The second-order valence-electron chi connectivity index (χ2n) is 4.62. The van der Waals surface area contributed by atoms with Gasteiger partial charge < -0.3 is 15.9 Å². The first-order valence-corrected chi connectivity index (χ1v) is 5.91. The van der Waals surface area contributed by atoms with E-state index in [-0.39, 0.29) is 24.1 Å². The van der Waals surface area contributed by atoms with E-state index in [0.717, 1.165) is 12.8 Å². The minimum absolute atomic E-state index is 0. The maximum Gasteiger partial charge on any atom is 0.120 e. The topological polar surface area (TPSA) is 66.5 Å². The Morgan fingerprint density at radius 2 is 1.76 bits per heavy atom. The van der Waals surface area contributed by atoms with Gasteiger partial charge in [0.2, 0.25) is 0 Å². The summed E-state index contributed by atoms with van der Waals surface area (Å²) in [5.74, 6) is 0.460. The number of nitrogens with two attached hydrogens (primary N) is 1. The molecule has 0 spiro atoms. The van der Waals surface area contributed by atoms with Crippen LogP contribution in [-0.4, -0.2) is 16.3 Å². The summed E-state index contributed by atoms with van der Waals surface area (Å²) >= 11 is 0. The lowest BCUT2D eigenvalue weighted by Crippen LogP contribution is -2.31. The average Bonchev–Trinajstić information content (AvgIpc) is 2.81. The zero-order valence-corrected chi connectivity index (χ0v) is 10.6. The number of halogens is 1. The number of phenols is 1. The Bertz CT molecular complexity index is 353. The van der Waals surface area contributed by atoms with E-state index < -0.39 is 12.1 Å². The molecule has 2 rings (SSSR count). The van der Waals surface area contributed by atoms with Crippen LogP contribution in [-0.2, 0) is 0 Å². The highest BCUT2D eigenvalue weighted by atomic mass is 35.5. The second-order valence-corrected chi connectivity index (χ2v) is 4.62. The molecule has 3 nitrogen and oxygen atoms in total. The third-order valence-electron chi connectivity index (χ3n) is 3.55. The summed E-state index contributed by atoms with van der Waals surface area (Å²) < 4.78 is 0. The summed E-state index contributed by atoms with van der Waals surface area (Å²) in [5, 5.41) is 19.8. The van der Waals surface area contributed by atoms with Crippen LogP contribution in [0.5, 0.6) is 5.75 Å². The van der Waals surface area contributed by atoms with E-state index in [4.69, 9.17) is 5.73 Å². The van der Waals surface area contributed by atoms with Crippen LogP contribution in [0.25, 0.3) is 0 Å². The van der Waals surface area contributed by atoms with Crippen LogP contribution in [0, 0.1) is 5.92 Å². The van der Waals surface area contributed by atoms with E-state index in [1.165, 1.54) is 12.8 Å². The smallest absolute Gasteiger partial charge is 0.120 e. The Hall–Kier alpha value is -0.770. The summed E-state index contributed by atoms with van der Waals surface area (Å²) in [6.07, 6.45) is 3.89. The van der Waals surface area contributed by atoms with Crippen LogP contribution in [0.3, 0.4) is 0 Å². The summed E-state index contributed by atoms with van der Waals surface area (Å²) in [5.41, 5.74) is 6.65. The zero-order chi connectivity index (χ0) is 11.5. The zero-order valence-electron chi connectivity index (χ0n) is 9.75. The number of aliphatic hydroxyl groups excluding tert-OH is 1. The predicted octanol–water partition coefficient (Wildman–Crippen LogP) is 2.36. The molecule has 1 saturated carbocycles. The highest BCUT2D eigenvalue weighted by Crippen LogP contribution is 2.34. The molecule has 0 bridgehead atoms. The fourth-order valence-corrected chi connectivity index (χ4v) is 2.55. The molecule has 0 amide bonds. The van der Waals surface area contributed by atoms with Gasteiger partial charge in [-0.25, -0.2) is 0 Å². The van der Waals surface area contributed by atoms with Gasteiger partial charge in [0.15, 0.2) is 0 Å². The summed E-state index contributed by atoms with van der Waals surface area (Å²) in [4.78, 5) is 0. The van der Waals surface area contributed by atoms with Crippen molar-refractivity contribution in [2.75, 3.05) is 0 Å². The van der Waals surface area contributed by atoms with Gasteiger partial charge in [-0.05, 0) is 24.8 Å². The van der Waals surface area contributed by atoms with E-state index in [1.807, 2.05) is 6.07 Å². The highest BCUT2D eigenvalue weighted by Gasteiger charge is 2.29. The Labute approximate surface area is 108 Å². The fraction of sp³-hybridized carbons (Fsp3) is 0.538. The third-order valence-corrected chi connectivity index (χ3v) is 3.55. The molecule has 1 aliphatic rings. The quantitative estimate of drug-likeness (QED) is 0.779. The van der Waals surface area contributed by atoms with E-state index in [1.54, 1.807) is 18.2 Å². The number of phenolic OH excluding ortho intramolecular Hbond substituents is 1. The van der Waals surface area contributed by atoms with Gasteiger partial charge in [0, 0.05) is 5.56 Å². The number of para-hydroxylation sites is 1. The molecule has 1 fully saturated rings. The van der Waals surface area contributed by atoms with Gasteiger partial charge in [0.05, 0.1) is 12.1 Å². The molecule has 1 aromatic rings. The molecule has 96 valence electrons. The van der Waals surface area contributed by atoms with Crippen LogP contribution in [0.4, 0.5) is 0 Å². The molecule has 0 radical (unpaired) electrons. The number of benzene rings is 1. The summed E-state index contributed by atoms with van der Waals surface area (Å²) in [6.45, 7) is 0. The standard InChI is InChI=1S/C13H19NO2.ClH/c14-12(10-7-3-4-8-11(10)15)13(16)9-5-1-2-6-9;/h3-4,7-9,12-13,15-16H,1-2,5-6,14H2;1H/t12-,13+;/m0./s1. The van der Waals surface area contributed by atoms with Crippen molar-refractivity contribution in [3.63, 3.8) is 0 Å². The lowest BCUT2D eigenvalue weighted by Gasteiger charge is -2.25. The lowest BCUT2D eigenvalue weighted by atomic mass is 9.90. The molecule has 17 heavy (non-hydrogen) atoms. The molecule has 0 saturated heterocycles. The van der Waals surface area contributed by atoms with Gasteiger partial charge in [0.1, 0.15) is 5.75 Å². The molecule has 0 aliphatic heterocycles. The average molecular weight is 258 g/mol. The first-order valence-electron chi connectivity index (χ1n) is 5.91. The summed E-state index contributed by atoms with van der Waals surface area (Å²) in [7, 11) is 0. The number of aromatic hydroxyl groups is 1. The van der Waals surface area contributed by atoms with Crippen molar-refractivity contribution in [2.24, 2.45) is 11.7 Å². The molecule has 4 N–H and O–H groups in total. The Morgan fingerprint density at radius 1 is 1.18 bits per heavy atom. The normalized spacial score (nSPS) is 19.6. The van der Waals surface area contributed by atoms with Gasteiger partial charge in [-0.15, -0.1) is 12.4 Å². The molecule has 1 aromatic carbocycles. The van der Waals surface area contributed by atoms with Gasteiger partial charge in [0.25, 0.3) is 0 Å². The van der Waals surface area contributed by atoms with Crippen LogP contribution in [0.15, 0.2) is 24.3 Å². The van der Waals surface area contributed by atoms with E-state index in [2.05, 4.69) is 0 Å². The van der Waals surface area contributed by atoms with E-state index >= 15 is 0 Å². The first kappa shape index (κ1) is 14.3. The van der Waals surface area contributed by atoms with E-state index in [0.29, 0.717) is 5.56 Å². The van der Waals surface area contributed by atoms with Gasteiger partial charge in [-0.2, -0.15) is 0 Å². The number of rotatable bonds is 3. The molecule has 0 aromatic heterocycles. The lowest BCUT2D eigenvalue weighted by molar-refractivity contribution is 0.0836. The number of aliphatic hydroxyl groups is 1. The van der Waals surface area contributed by atoms with Crippen LogP contribution >= 0.6 is 12.4 Å². The van der Waals surface area contributed by atoms with Crippen LogP contribution < -0.4 is 5.73 Å². The predicted molar refractivity (Wildman–Crippen MR) is 70.2 cm³/mol. The SMILES string of the molecule is Cl.N[C@@H](c1ccccc1O)[C@H](O)C1CCCC1. The van der Waals surface area contributed by atoms with E-state index in [9.17, 15) is 10.2 Å². The van der Waals surface area contributed by atoms with Crippen LogP contribution in [0.1, 0.15) is 37.3 Å². The van der Waals surface area contributed by atoms with Gasteiger partial charge >= 0.3 is 0 Å². The Balaban J connectivity index is 0.00000144. The van der Waals surface area contributed by atoms with Crippen molar-refractivity contribution in [2.45, 2.75) is 37.8 Å². The molecule has 2 atom stereocenters. The van der Waals surface area contributed by atoms with Gasteiger partial charge in [-0.1, -0.05) is 31.0 Å². The van der Waals surface area contributed by atoms with Crippen molar-refractivity contribution in [3.8, 4) is 5.75 Å². The molecular weight excluding hydrogens is 238 g/mol. The third kappa shape index (κ3) is 3.12. The maximum atomic E-state index is 10.2. The minimum atomic E-state index is -0.546. The van der Waals surface area contributed by atoms with Crippen molar-refractivity contribution in [1.29, 1.82) is 0 Å². The molecular formula is C13H20ClNO2. The minimum Gasteiger partial charge on any atom is -0.508 e. The molecule has 1 aliphatic carbocycles. The molecule has 4 heteroatoms. The second kappa shape index (κ2) is 6.24. The number of hydrogen-bond donors (Lipinski definition) is 3. The van der Waals surface area contributed by atoms with Crippen LogP contribution in [0.2, 0.25) is 0 Å². The Kier molecular flexibility index (Phi) is 5.25. The van der Waals surface area contributed by atoms with Crippen molar-refractivity contribution < 1.29 is 10.2 Å². The molecule has 0 heterocycles.